The van der Waals surface area contributed by atoms with Gasteiger partial charge in [-0.2, -0.15) is 9.40 Å². The van der Waals surface area contributed by atoms with Crippen LogP contribution in [0.1, 0.15) is 31.7 Å². The number of ether oxygens (including phenoxy) is 2. The second-order valence-corrected chi connectivity index (χ2v) is 11.9. The Morgan fingerprint density at radius 3 is 2.55 bits per heavy atom. The SMILES string of the molecule is CCCN1CCN(S(=O)(=O)c2cnc(OCCOC)c(-c3nc4c(CC)n(Cc5ccccn5)nc4c(=O)[nH]3)c2)CC1. The molecule has 0 atom stereocenters. The van der Waals surface area contributed by atoms with Crippen molar-refractivity contribution >= 4 is 21.1 Å². The third kappa shape index (κ3) is 6.21. The lowest BCUT2D eigenvalue weighted by Crippen LogP contribution is -2.48. The van der Waals surface area contributed by atoms with Gasteiger partial charge in [0.05, 0.1) is 36.3 Å². The minimum atomic E-state index is -3.85. The van der Waals surface area contributed by atoms with Gasteiger partial charge in [0.25, 0.3) is 5.56 Å². The first-order chi connectivity index (χ1) is 20.3. The van der Waals surface area contributed by atoms with E-state index in [1.807, 2.05) is 25.1 Å². The molecule has 1 fully saturated rings. The highest BCUT2D eigenvalue weighted by molar-refractivity contribution is 7.89. The smallest absolute Gasteiger partial charge is 0.279 e. The molecule has 0 spiro atoms. The van der Waals surface area contributed by atoms with Crippen LogP contribution in [0.5, 0.6) is 5.88 Å². The van der Waals surface area contributed by atoms with Crippen LogP contribution in [0.2, 0.25) is 0 Å². The van der Waals surface area contributed by atoms with Gasteiger partial charge in [0.1, 0.15) is 22.8 Å². The Bertz CT molecular complexity index is 1680. The van der Waals surface area contributed by atoms with E-state index >= 15 is 0 Å². The van der Waals surface area contributed by atoms with E-state index in [1.54, 1.807) is 18.0 Å². The second-order valence-electron chi connectivity index (χ2n) is 10.0. The van der Waals surface area contributed by atoms with Crippen LogP contribution in [-0.2, 0) is 27.7 Å². The first-order valence-corrected chi connectivity index (χ1v) is 15.5. The second kappa shape index (κ2) is 13.1. The van der Waals surface area contributed by atoms with E-state index in [-0.39, 0.29) is 34.3 Å². The predicted octanol–water partition coefficient (Wildman–Crippen LogP) is 1.93. The quantitative estimate of drug-likeness (QED) is 0.241. The minimum absolute atomic E-state index is 0.00448. The van der Waals surface area contributed by atoms with Crippen LogP contribution in [0.3, 0.4) is 0 Å². The summed E-state index contributed by atoms with van der Waals surface area (Å²) >= 11 is 0. The van der Waals surface area contributed by atoms with E-state index in [2.05, 4.69) is 31.9 Å². The van der Waals surface area contributed by atoms with Gasteiger partial charge in [-0.15, -0.1) is 0 Å². The van der Waals surface area contributed by atoms with Crippen LogP contribution >= 0.6 is 0 Å². The summed E-state index contributed by atoms with van der Waals surface area (Å²) in [7, 11) is -2.30. The Balaban J connectivity index is 1.56. The van der Waals surface area contributed by atoms with Gasteiger partial charge >= 0.3 is 0 Å². The third-order valence-electron chi connectivity index (χ3n) is 7.19. The van der Waals surface area contributed by atoms with Crippen LogP contribution in [0.4, 0.5) is 0 Å². The Morgan fingerprint density at radius 2 is 1.86 bits per heavy atom. The number of nitrogens with one attached hydrogen (secondary N) is 1. The van der Waals surface area contributed by atoms with E-state index < -0.39 is 15.6 Å². The standard InChI is InChI=1S/C28H36N8O5S/c1-4-10-34-11-13-35(14-12-34)42(38,39)21-17-22(28(30-18-21)41-16-15-40-3)26-31-24-23(5-2)36(33-25(24)27(37)32-26)19-20-8-6-7-9-29-20/h6-9,17-18H,4-5,10-16,19H2,1-3H3,(H,31,32,37). The van der Waals surface area contributed by atoms with Gasteiger partial charge in [-0.25, -0.2) is 18.4 Å². The summed E-state index contributed by atoms with van der Waals surface area (Å²) in [6.07, 6.45) is 4.57. The maximum atomic E-state index is 13.7. The molecule has 13 nitrogen and oxygen atoms in total. The number of aromatic nitrogens is 6. The summed E-state index contributed by atoms with van der Waals surface area (Å²) in [5.74, 6) is 0.282. The summed E-state index contributed by atoms with van der Waals surface area (Å²) < 4.78 is 41.5. The molecule has 0 amide bonds. The summed E-state index contributed by atoms with van der Waals surface area (Å²) in [4.78, 5) is 31.8. The number of pyridine rings is 2. The van der Waals surface area contributed by atoms with Crippen molar-refractivity contribution in [3.05, 3.63) is 58.4 Å². The predicted molar refractivity (Wildman–Crippen MR) is 157 cm³/mol. The number of hydrogen-bond donors (Lipinski definition) is 1. The van der Waals surface area contributed by atoms with Crippen LogP contribution in [0.25, 0.3) is 22.4 Å². The molecule has 0 radical (unpaired) electrons. The highest BCUT2D eigenvalue weighted by Crippen LogP contribution is 2.30. The first kappa shape index (κ1) is 29.8. The molecule has 1 aliphatic heterocycles. The number of H-pyrrole nitrogens is 1. The molecule has 224 valence electrons. The molecule has 0 unspecified atom stereocenters. The molecule has 0 saturated carbocycles. The molecule has 0 aliphatic carbocycles. The molecular formula is C28H36N8O5S. The lowest BCUT2D eigenvalue weighted by Gasteiger charge is -2.33. The van der Waals surface area contributed by atoms with Crippen LogP contribution < -0.4 is 10.3 Å². The minimum Gasteiger partial charge on any atom is -0.475 e. The number of rotatable bonds is 12. The van der Waals surface area contributed by atoms with Gasteiger partial charge in [0.2, 0.25) is 15.9 Å². The Labute approximate surface area is 244 Å². The number of piperazine rings is 1. The fourth-order valence-corrected chi connectivity index (χ4v) is 6.45. The lowest BCUT2D eigenvalue weighted by atomic mass is 10.2. The highest BCUT2D eigenvalue weighted by Gasteiger charge is 2.30. The molecule has 1 saturated heterocycles. The van der Waals surface area contributed by atoms with Gasteiger partial charge in [-0.05, 0) is 37.6 Å². The van der Waals surface area contributed by atoms with E-state index in [9.17, 15) is 13.2 Å². The molecule has 0 aromatic carbocycles. The number of aryl methyl sites for hydroxylation is 1. The van der Waals surface area contributed by atoms with E-state index in [4.69, 9.17) is 14.5 Å². The molecule has 1 aliphatic rings. The maximum absolute atomic E-state index is 13.7. The van der Waals surface area contributed by atoms with Crippen molar-refractivity contribution in [2.45, 2.75) is 38.1 Å². The zero-order valence-electron chi connectivity index (χ0n) is 24.1. The molecule has 1 N–H and O–H groups in total. The number of sulfonamides is 1. The maximum Gasteiger partial charge on any atom is 0.279 e. The average molecular weight is 597 g/mol. The van der Waals surface area contributed by atoms with Crippen molar-refractivity contribution in [3.63, 3.8) is 0 Å². The zero-order valence-corrected chi connectivity index (χ0v) is 24.9. The molecule has 0 bridgehead atoms. The van der Waals surface area contributed by atoms with Crippen molar-refractivity contribution in [2.75, 3.05) is 53.0 Å². The van der Waals surface area contributed by atoms with E-state index in [1.165, 1.54) is 16.6 Å². The molecule has 5 heterocycles. The number of fused-ring (bicyclic) bond motifs is 1. The number of hydrogen-bond acceptors (Lipinski definition) is 10. The monoisotopic (exact) mass is 596 g/mol. The van der Waals surface area contributed by atoms with Gasteiger partial charge in [0, 0.05) is 39.5 Å². The van der Waals surface area contributed by atoms with Gasteiger partial charge in [-0.3, -0.25) is 14.5 Å². The van der Waals surface area contributed by atoms with Gasteiger partial charge in [0.15, 0.2) is 5.52 Å². The Morgan fingerprint density at radius 1 is 1.05 bits per heavy atom. The fraction of sp³-hybridized carbons (Fsp3) is 0.464. The summed E-state index contributed by atoms with van der Waals surface area (Å²) in [6.45, 7) is 7.97. The van der Waals surface area contributed by atoms with Crippen molar-refractivity contribution in [2.24, 2.45) is 0 Å². The topological polar surface area (TPSA) is 148 Å². The number of methoxy groups -OCH3 is 1. The zero-order chi connectivity index (χ0) is 29.7. The van der Waals surface area contributed by atoms with Crippen molar-refractivity contribution in [1.82, 2.24) is 38.9 Å². The van der Waals surface area contributed by atoms with Crippen LogP contribution in [-0.4, -0.2) is 100 Å². The summed E-state index contributed by atoms with van der Waals surface area (Å²) in [6, 6.07) is 7.09. The summed E-state index contributed by atoms with van der Waals surface area (Å²) in [5.41, 5.74) is 1.98. The lowest BCUT2D eigenvalue weighted by molar-refractivity contribution is 0.144. The van der Waals surface area contributed by atoms with E-state index in [0.717, 1.165) is 24.4 Å². The molecule has 4 aromatic heterocycles. The largest absolute Gasteiger partial charge is 0.475 e. The molecule has 5 rings (SSSR count). The number of nitrogens with zero attached hydrogens (tertiary/aromatic N) is 7. The number of aromatic amines is 1. The van der Waals surface area contributed by atoms with Crippen LogP contribution in [0, 0.1) is 0 Å². The molecule has 4 aromatic rings. The summed E-state index contributed by atoms with van der Waals surface area (Å²) in [5, 5.41) is 4.53. The normalized spacial score (nSPS) is 14.9. The average Bonchev–Trinajstić information content (AvgIpc) is 3.35. The van der Waals surface area contributed by atoms with Crippen molar-refractivity contribution < 1.29 is 17.9 Å². The molecule has 42 heavy (non-hydrogen) atoms. The Kier molecular flexibility index (Phi) is 9.26. The fourth-order valence-electron chi connectivity index (χ4n) is 5.06. The first-order valence-electron chi connectivity index (χ1n) is 14.1. The molecular weight excluding hydrogens is 560 g/mol. The van der Waals surface area contributed by atoms with Crippen LogP contribution in [0.15, 0.2) is 46.3 Å². The highest BCUT2D eigenvalue weighted by atomic mass is 32.2. The van der Waals surface area contributed by atoms with Gasteiger partial charge in [-0.1, -0.05) is 19.9 Å². The van der Waals surface area contributed by atoms with E-state index in [0.29, 0.717) is 51.3 Å². The van der Waals surface area contributed by atoms with Crippen molar-refractivity contribution in [1.29, 1.82) is 0 Å². The third-order valence-corrected chi connectivity index (χ3v) is 9.05. The Hall–Kier alpha value is -3.72. The van der Waals surface area contributed by atoms with Crippen molar-refractivity contribution in [3.8, 4) is 17.3 Å². The van der Waals surface area contributed by atoms with Gasteiger partial charge < -0.3 is 19.4 Å². The molecule has 14 heteroatoms.